The van der Waals surface area contributed by atoms with E-state index in [4.69, 9.17) is 5.73 Å². The maximum absolute atomic E-state index is 5.52. The number of hydrogen-bond donors (Lipinski definition) is 2. The van der Waals surface area contributed by atoms with Crippen LogP contribution in [-0.4, -0.2) is 26.5 Å². The molecule has 0 bridgehead atoms. The second-order valence-corrected chi connectivity index (χ2v) is 5.08. The average Bonchev–Trinajstić information content (AvgIpc) is 2.94. The van der Waals surface area contributed by atoms with Crippen LogP contribution in [0.4, 0.5) is 0 Å². The van der Waals surface area contributed by atoms with Crippen LogP contribution in [0.2, 0.25) is 0 Å². The van der Waals surface area contributed by atoms with Crippen molar-refractivity contribution >= 4 is 22.5 Å². The molecule has 3 aromatic heterocycles. The Labute approximate surface area is 108 Å². The standard InChI is InChI=1S/C12H13N5S/c1-7-4-8-11(14-5-7)17-12(16-8)9-6-18-10(15-9)2-3-13/h4-6H,2-3,13H2,1H3,(H,14,16,17). The van der Waals surface area contributed by atoms with Crippen LogP contribution >= 0.6 is 11.3 Å². The molecule has 0 fully saturated rings. The van der Waals surface area contributed by atoms with Gasteiger partial charge in [0.2, 0.25) is 0 Å². The van der Waals surface area contributed by atoms with Gasteiger partial charge in [-0.1, -0.05) is 0 Å². The van der Waals surface area contributed by atoms with Gasteiger partial charge >= 0.3 is 0 Å². The van der Waals surface area contributed by atoms with Crippen LogP contribution in [0.1, 0.15) is 10.6 Å². The third kappa shape index (κ3) is 2.00. The van der Waals surface area contributed by atoms with Gasteiger partial charge in [0.25, 0.3) is 0 Å². The Morgan fingerprint density at radius 3 is 3.11 bits per heavy atom. The number of thiazole rings is 1. The monoisotopic (exact) mass is 259 g/mol. The molecule has 0 spiro atoms. The van der Waals surface area contributed by atoms with Gasteiger partial charge in [-0.05, 0) is 25.1 Å². The van der Waals surface area contributed by atoms with Crippen molar-refractivity contribution in [1.29, 1.82) is 0 Å². The molecule has 18 heavy (non-hydrogen) atoms. The molecular weight excluding hydrogens is 246 g/mol. The molecule has 0 atom stereocenters. The van der Waals surface area contributed by atoms with Crippen LogP contribution in [0.25, 0.3) is 22.7 Å². The summed E-state index contributed by atoms with van der Waals surface area (Å²) in [7, 11) is 0. The third-order valence-corrected chi connectivity index (χ3v) is 3.54. The number of hydrogen-bond acceptors (Lipinski definition) is 5. The van der Waals surface area contributed by atoms with E-state index < -0.39 is 0 Å². The Bertz CT molecular complexity index is 685. The molecule has 5 nitrogen and oxygen atoms in total. The van der Waals surface area contributed by atoms with Gasteiger partial charge in [-0.25, -0.2) is 15.0 Å². The summed E-state index contributed by atoms with van der Waals surface area (Å²) in [4.78, 5) is 16.5. The number of aromatic nitrogens is 4. The zero-order valence-electron chi connectivity index (χ0n) is 9.97. The summed E-state index contributed by atoms with van der Waals surface area (Å²) in [6.07, 6.45) is 2.62. The molecule has 3 rings (SSSR count). The molecule has 0 aliphatic carbocycles. The van der Waals surface area contributed by atoms with E-state index in [0.717, 1.165) is 39.7 Å². The molecule has 0 aromatic carbocycles. The molecule has 0 aliphatic rings. The van der Waals surface area contributed by atoms with E-state index in [-0.39, 0.29) is 0 Å². The van der Waals surface area contributed by atoms with E-state index >= 15 is 0 Å². The first-order valence-corrected chi connectivity index (χ1v) is 6.61. The Hall–Kier alpha value is -1.79. The highest BCUT2D eigenvalue weighted by atomic mass is 32.1. The van der Waals surface area contributed by atoms with E-state index in [1.807, 2.05) is 24.6 Å². The van der Waals surface area contributed by atoms with Gasteiger partial charge in [0.05, 0.1) is 10.5 Å². The number of nitrogens with two attached hydrogens (primary N) is 1. The molecule has 3 aromatic rings. The van der Waals surface area contributed by atoms with E-state index in [2.05, 4.69) is 19.9 Å². The largest absolute Gasteiger partial charge is 0.335 e. The second kappa shape index (κ2) is 4.47. The molecular formula is C12H13N5S. The number of aromatic amines is 1. The number of aryl methyl sites for hydroxylation is 1. The first kappa shape index (κ1) is 11.3. The third-order valence-electron chi connectivity index (χ3n) is 2.63. The Balaban J connectivity index is 2.02. The molecule has 6 heteroatoms. The first-order chi connectivity index (χ1) is 8.76. The Morgan fingerprint density at radius 2 is 2.28 bits per heavy atom. The highest BCUT2D eigenvalue weighted by Crippen LogP contribution is 2.22. The number of nitrogens with zero attached hydrogens (tertiary/aromatic N) is 3. The molecule has 3 N–H and O–H groups in total. The molecule has 3 heterocycles. The van der Waals surface area contributed by atoms with E-state index in [1.165, 1.54) is 0 Å². The summed E-state index contributed by atoms with van der Waals surface area (Å²) < 4.78 is 0. The Kier molecular flexibility index (Phi) is 2.81. The molecule has 0 saturated heterocycles. The van der Waals surface area contributed by atoms with Gasteiger partial charge in [0.15, 0.2) is 11.5 Å². The molecule has 0 aliphatic heterocycles. The zero-order chi connectivity index (χ0) is 12.5. The van der Waals surface area contributed by atoms with Crippen molar-refractivity contribution < 1.29 is 0 Å². The molecule has 0 radical (unpaired) electrons. The minimum Gasteiger partial charge on any atom is -0.335 e. The first-order valence-electron chi connectivity index (χ1n) is 5.73. The van der Waals surface area contributed by atoms with Crippen LogP contribution in [-0.2, 0) is 6.42 Å². The molecule has 0 unspecified atom stereocenters. The summed E-state index contributed by atoms with van der Waals surface area (Å²) in [6, 6.07) is 2.03. The number of nitrogens with one attached hydrogen (secondary N) is 1. The van der Waals surface area contributed by atoms with Gasteiger partial charge in [0, 0.05) is 18.0 Å². The van der Waals surface area contributed by atoms with Crippen molar-refractivity contribution in [3.8, 4) is 11.5 Å². The number of imidazole rings is 1. The SMILES string of the molecule is Cc1cnc2nc(-c3csc(CCN)n3)[nH]c2c1. The van der Waals surface area contributed by atoms with Crippen LogP contribution in [0.3, 0.4) is 0 Å². The van der Waals surface area contributed by atoms with Gasteiger partial charge in [0.1, 0.15) is 5.69 Å². The number of fused-ring (bicyclic) bond motifs is 1. The molecule has 0 saturated carbocycles. The minimum absolute atomic E-state index is 0.619. The van der Waals surface area contributed by atoms with E-state index in [1.54, 1.807) is 11.3 Å². The van der Waals surface area contributed by atoms with Crippen LogP contribution < -0.4 is 5.73 Å². The maximum atomic E-state index is 5.52. The van der Waals surface area contributed by atoms with Gasteiger partial charge in [-0.3, -0.25) is 0 Å². The van der Waals surface area contributed by atoms with Crippen molar-refractivity contribution in [2.45, 2.75) is 13.3 Å². The summed E-state index contributed by atoms with van der Waals surface area (Å²) in [5, 5.41) is 3.03. The van der Waals surface area contributed by atoms with Crippen molar-refractivity contribution in [2.24, 2.45) is 5.73 Å². The fraction of sp³-hybridized carbons (Fsp3) is 0.250. The Morgan fingerprint density at radius 1 is 1.39 bits per heavy atom. The minimum atomic E-state index is 0.619. The fourth-order valence-corrected chi connectivity index (χ4v) is 2.58. The van der Waals surface area contributed by atoms with Crippen molar-refractivity contribution in [1.82, 2.24) is 19.9 Å². The number of H-pyrrole nitrogens is 1. The van der Waals surface area contributed by atoms with Crippen molar-refractivity contribution in [3.63, 3.8) is 0 Å². The van der Waals surface area contributed by atoms with Gasteiger partial charge in [-0.15, -0.1) is 11.3 Å². The summed E-state index contributed by atoms with van der Waals surface area (Å²) in [5.41, 5.74) is 9.16. The van der Waals surface area contributed by atoms with Crippen molar-refractivity contribution in [2.75, 3.05) is 6.54 Å². The van der Waals surface area contributed by atoms with Crippen LogP contribution in [0, 0.1) is 6.92 Å². The van der Waals surface area contributed by atoms with Gasteiger partial charge in [-0.2, -0.15) is 0 Å². The lowest BCUT2D eigenvalue weighted by molar-refractivity contribution is 0.953. The topological polar surface area (TPSA) is 80.5 Å². The predicted molar refractivity (Wildman–Crippen MR) is 72.5 cm³/mol. The van der Waals surface area contributed by atoms with Crippen molar-refractivity contribution in [3.05, 3.63) is 28.2 Å². The second-order valence-electron chi connectivity index (χ2n) is 4.13. The highest BCUT2D eigenvalue weighted by Gasteiger charge is 2.09. The number of rotatable bonds is 3. The quantitative estimate of drug-likeness (QED) is 0.752. The van der Waals surface area contributed by atoms with E-state index in [9.17, 15) is 0 Å². The van der Waals surface area contributed by atoms with Crippen LogP contribution in [0.5, 0.6) is 0 Å². The zero-order valence-corrected chi connectivity index (χ0v) is 10.8. The summed E-state index contributed by atoms with van der Waals surface area (Å²) in [6.45, 7) is 2.63. The molecule has 0 amide bonds. The highest BCUT2D eigenvalue weighted by molar-refractivity contribution is 7.09. The average molecular weight is 259 g/mol. The normalized spacial score (nSPS) is 11.2. The van der Waals surface area contributed by atoms with Crippen LogP contribution in [0.15, 0.2) is 17.6 Å². The molecule has 92 valence electrons. The lowest BCUT2D eigenvalue weighted by Crippen LogP contribution is -2.02. The lowest BCUT2D eigenvalue weighted by Gasteiger charge is -1.89. The fourth-order valence-electron chi connectivity index (χ4n) is 1.78. The van der Waals surface area contributed by atoms with Gasteiger partial charge < -0.3 is 10.7 Å². The predicted octanol–water partition coefficient (Wildman–Crippen LogP) is 1.89. The summed E-state index contributed by atoms with van der Waals surface area (Å²) >= 11 is 1.61. The maximum Gasteiger partial charge on any atom is 0.178 e. The summed E-state index contributed by atoms with van der Waals surface area (Å²) in [5.74, 6) is 0.766. The number of pyridine rings is 1. The lowest BCUT2D eigenvalue weighted by atomic mass is 10.3. The van der Waals surface area contributed by atoms with E-state index in [0.29, 0.717) is 6.54 Å². The smallest absolute Gasteiger partial charge is 0.178 e.